The molecule has 96 valence electrons. The van der Waals surface area contributed by atoms with Crippen molar-refractivity contribution in [2.45, 2.75) is 38.7 Å². The lowest BCUT2D eigenvalue weighted by Crippen LogP contribution is -2.30. The van der Waals surface area contributed by atoms with Crippen molar-refractivity contribution in [3.63, 3.8) is 0 Å². The summed E-state index contributed by atoms with van der Waals surface area (Å²) in [6, 6.07) is 0. The molecule has 2 N–H and O–H groups in total. The van der Waals surface area contributed by atoms with Gasteiger partial charge in [-0.1, -0.05) is 6.08 Å². The number of hydrogen-bond acceptors (Lipinski definition) is 3. The van der Waals surface area contributed by atoms with Crippen LogP contribution in [0.2, 0.25) is 0 Å². The highest BCUT2D eigenvalue weighted by Gasteiger charge is 2.32. The van der Waals surface area contributed by atoms with Crippen molar-refractivity contribution in [1.29, 1.82) is 0 Å². The molecule has 1 amide bonds. The fourth-order valence-corrected chi connectivity index (χ4v) is 1.86. The van der Waals surface area contributed by atoms with E-state index in [1.165, 1.54) is 7.05 Å². The van der Waals surface area contributed by atoms with Crippen LogP contribution >= 0.6 is 0 Å². The van der Waals surface area contributed by atoms with Gasteiger partial charge in [-0.15, -0.1) is 0 Å². The van der Waals surface area contributed by atoms with E-state index in [1.807, 2.05) is 0 Å². The minimum atomic E-state index is -0.771. The van der Waals surface area contributed by atoms with E-state index >= 15 is 0 Å². The molecule has 0 bridgehead atoms. The van der Waals surface area contributed by atoms with Gasteiger partial charge in [-0.2, -0.15) is 0 Å². The number of aliphatic carboxylic acids is 1. The van der Waals surface area contributed by atoms with Crippen molar-refractivity contribution in [3.8, 4) is 0 Å². The molecule has 0 aliphatic heterocycles. The molecule has 0 saturated carbocycles. The third-order valence-corrected chi connectivity index (χ3v) is 3.12. The topological polar surface area (TPSA) is 75.6 Å². The zero-order valence-electron chi connectivity index (χ0n) is 10.2. The van der Waals surface area contributed by atoms with Crippen LogP contribution in [0.3, 0.4) is 0 Å². The monoisotopic (exact) mass is 241 g/mol. The fourth-order valence-electron chi connectivity index (χ4n) is 1.86. The highest BCUT2D eigenvalue weighted by atomic mass is 16.6. The molecule has 1 rings (SSSR count). The number of rotatable bonds is 2. The van der Waals surface area contributed by atoms with Gasteiger partial charge in [0.2, 0.25) is 0 Å². The molecule has 17 heavy (non-hydrogen) atoms. The molecular weight excluding hydrogens is 222 g/mol. The Morgan fingerprint density at radius 2 is 2.24 bits per heavy atom. The Hall–Kier alpha value is -1.52. The van der Waals surface area contributed by atoms with E-state index in [9.17, 15) is 9.59 Å². The standard InChI is InChI=1S/C12H19NO4/c1-12(10(14)15)7-3-5-9(6-4-8-12)17-11(16)13-2/h3,5,9H,4,6-8H2,1-2H3,(H,13,16)(H,14,15)/b5-3+. The number of allylic oxidation sites excluding steroid dienone is 1. The molecule has 0 saturated heterocycles. The van der Waals surface area contributed by atoms with E-state index in [1.54, 1.807) is 19.1 Å². The molecule has 0 aromatic heterocycles. The summed E-state index contributed by atoms with van der Waals surface area (Å²) in [4.78, 5) is 22.2. The summed E-state index contributed by atoms with van der Waals surface area (Å²) in [5.41, 5.74) is -0.700. The molecule has 5 nitrogen and oxygen atoms in total. The number of carboxylic acids is 1. The second-order valence-corrected chi connectivity index (χ2v) is 4.58. The lowest BCUT2D eigenvalue weighted by molar-refractivity contribution is -0.148. The number of carboxylic acid groups (broad SMARTS) is 1. The number of hydrogen-bond donors (Lipinski definition) is 2. The highest BCUT2D eigenvalue weighted by Crippen LogP contribution is 2.31. The van der Waals surface area contributed by atoms with Crippen molar-refractivity contribution in [2.75, 3.05) is 7.05 Å². The third kappa shape index (κ3) is 3.76. The smallest absolute Gasteiger partial charge is 0.407 e. The van der Waals surface area contributed by atoms with Gasteiger partial charge >= 0.3 is 12.1 Å². The zero-order valence-corrected chi connectivity index (χ0v) is 10.2. The van der Waals surface area contributed by atoms with Crippen LogP contribution in [0.25, 0.3) is 0 Å². The maximum Gasteiger partial charge on any atom is 0.407 e. The zero-order chi connectivity index (χ0) is 12.9. The Balaban J connectivity index is 2.61. The molecule has 0 aromatic carbocycles. The molecule has 0 heterocycles. The van der Waals surface area contributed by atoms with E-state index in [-0.39, 0.29) is 6.10 Å². The minimum Gasteiger partial charge on any atom is -0.481 e. The average molecular weight is 241 g/mol. The van der Waals surface area contributed by atoms with Crippen LogP contribution < -0.4 is 5.32 Å². The quantitative estimate of drug-likeness (QED) is 0.724. The molecule has 0 aromatic rings. The summed E-state index contributed by atoms with van der Waals surface area (Å²) in [5, 5.41) is 11.5. The van der Waals surface area contributed by atoms with Crippen molar-refractivity contribution >= 4 is 12.1 Å². The Kier molecular flexibility index (Phi) is 4.54. The molecule has 2 unspecified atom stereocenters. The van der Waals surface area contributed by atoms with Crippen LogP contribution in [0, 0.1) is 5.41 Å². The van der Waals surface area contributed by atoms with Crippen LogP contribution in [0.15, 0.2) is 12.2 Å². The fraction of sp³-hybridized carbons (Fsp3) is 0.667. The van der Waals surface area contributed by atoms with Gasteiger partial charge in [0, 0.05) is 7.05 Å². The van der Waals surface area contributed by atoms with E-state index in [0.29, 0.717) is 19.3 Å². The first-order valence-electron chi connectivity index (χ1n) is 5.76. The Labute approximate surface area is 101 Å². The van der Waals surface area contributed by atoms with Gasteiger partial charge in [0.05, 0.1) is 5.41 Å². The summed E-state index contributed by atoms with van der Waals surface area (Å²) in [6.07, 6.45) is 5.31. The maximum absolute atomic E-state index is 11.1. The van der Waals surface area contributed by atoms with E-state index in [4.69, 9.17) is 9.84 Å². The van der Waals surface area contributed by atoms with Crippen molar-refractivity contribution in [1.82, 2.24) is 5.32 Å². The number of ether oxygens (including phenoxy) is 1. The van der Waals surface area contributed by atoms with Gasteiger partial charge in [-0.3, -0.25) is 4.79 Å². The highest BCUT2D eigenvalue weighted by molar-refractivity contribution is 5.74. The molecule has 1 aliphatic carbocycles. The maximum atomic E-state index is 11.1. The summed E-state index contributed by atoms with van der Waals surface area (Å²) in [5.74, 6) is -0.771. The van der Waals surface area contributed by atoms with Crippen molar-refractivity contribution in [3.05, 3.63) is 12.2 Å². The Morgan fingerprint density at radius 3 is 2.82 bits per heavy atom. The molecule has 0 fully saturated rings. The normalized spacial score (nSPS) is 30.8. The van der Waals surface area contributed by atoms with Crippen LogP contribution in [0.1, 0.15) is 32.6 Å². The minimum absolute atomic E-state index is 0.256. The number of carbonyl (C=O) groups excluding carboxylic acids is 1. The molecule has 0 spiro atoms. The van der Waals surface area contributed by atoms with Crippen molar-refractivity contribution in [2.24, 2.45) is 5.41 Å². The third-order valence-electron chi connectivity index (χ3n) is 3.12. The molecule has 0 radical (unpaired) electrons. The van der Waals surface area contributed by atoms with Crippen molar-refractivity contribution < 1.29 is 19.4 Å². The number of carbonyl (C=O) groups is 2. The number of nitrogens with one attached hydrogen (secondary N) is 1. The average Bonchev–Trinajstić information content (AvgIpc) is 2.25. The van der Waals surface area contributed by atoms with Gasteiger partial charge < -0.3 is 15.2 Å². The van der Waals surface area contributed by atoms with Crippen LogP contribution in [0.4, 0.5) is 4.79 Å². The van der Waals surface area contributed by atoms with Gasteiger partial charge in [-0.25, -0.2) is 4.79 Å². The molecule has 5 heteroatoms. The van der Waals surface area contributed by atoms with E-state index in [2.05, 4.69) is 5.32 Å². The number of alkyl carbamates (subject to hydrolysis) is 1. The van der Waals surface area contributed by atoms with Gasteiger partial charge in [0.15, 0.2) is 0 Å². The second kappa shape index (κ2) is 5.70. The molecule has 2 atom stereocenters. The summed E-state index contributed by atoms with van der Waals surface area (Å²) in [6.45, 7) is 1.75. The Morgan fingerprint density at radius 1 is 1.53 bits per heavy atom. The van der Waals surface area contributed by atoms with Gasteiger partial charge in [0.25, 0.3) is 0 Å². The first-order chi connectivity index (χ1) is 7.98. The van der Waals surface area contributed by atoms with E-state index < -0.39 is 17.5 Å². The summed E-state index contributed by atoms with van der Waals surface area (Å²) < 4.78 is 5.12. The van der Waals surface area contributed by atoms with Gasteiger partial charge in [0.1, 0.15) is 6.10 Å². The molecule has 1 aliphatic rings. The first-order valence-corrected chi connectivity index (χ1v) is 5.76. The lowest BCUT2D eigenvalue weighted by Gasteiger charge is -2.26. The first kappa shape index (κ1) is 13.5. The second-order valence-electron chi connectivity index (χ2n) is 4.58. The van der Waals surface area contributed by atoms with E-state index in [0.717, 1.165) is 6.42 Å². The summed E-state index contributed by atoms with van der Waals surface area (Å²) in [7, 11) is 1.51. The molecular formula is C12H19NO4. The van der Waals surface area contributed by atoms with Crippen LogP contribution in [0.5, 0.6) is 0 Å². The lowest BCUT2D eigenvalue weighted by atomic mass is 9.80. The predicted molar refractivity (Wildman–Crippen MR) is 62.7 cm³/mol. The predicted octanol–water partition coefficient (Wildman–Crippen LogP) is 1.93. The van der Waals surface area contributed by atoms with Gasteiger partial charge in [-0.05, 0) is 38.7 Å². The Bertz CT molecular complexity index is 326. The van der Waals surface area contributed by atoms with Crippen LogP contribution in [-0.2, 0) is 9.53 Å². The SMILES string of the molecule is CNC(=O)OC1/C=C/CC(C)(C(=O)O)CCC1. The number of amides is 1. The summed E-state index contributed by atoms with van der Waals surface area (Å²) >= 11 is 0. The largest absolute Gasteiger partial charge is 0.481 e. The van der Waals surface area contributed by atoms with Crippen LogP contribution in [-0.4, -0.2) is 30.3 Å².